The number of aromatic hydroxyl groups is 2. The topological polar surface area (TPSA) is 82.2 Å². The van der Waals surface area contributed by atoms with Crippen LogP contribution in [0.4, 0.5) is 5.69 Å². The molecule has 0 aliphatic carbocycles. The quantitative estimate of drug-likeness (QED) is 0.616. The van der Waals surface area contributed by atoms with E-state index in [2.05, 4.69) is 10.2 Å². The zero-order valence-electron chi connectivity index (χ0n) is 15.3. The third kappa shape index (κ3) is 4.54. The van der Waals surface area contributed by atoms with Gasteiger partial charge in [0.05, 0.1) is 21.1 Å². The Morgan fingerprint density at radius 3 is 2.32 bits per heavy atom. The summed E-state index contributed by atoms with van der Waals surface area (Å²) >= 11 is 0. The average Bonchev–Trinajstić information content (AvgIpc) is 2.53. The molecule has 2 aromatic carbocycles. The van der Waals surface area contributed by atoms with Crippen LogP contribution in [0.15, 0.2) is 34.5 Å². The van der Waals surface area contributed by atoms with Gasteiger partial charge in [-0.25, -0.2) is 0 Å². The van der Waals surface area contributed by atoms with Crippen LogP contribution in [0.2, 0.25) is 0 Å². The molecule has 2 N–H and O–H groups in total. The standard InChI is InChI=1S/C19H25N3O3/c1-5-6-9-15-18(24)14-11-8-7-10-13(14)17(19(15)25)21-20-16(23)12-22(2,3)4/h7-8,10-11H,5-6,9,12H2,1-4H3,(H-,20,23,24,25)/p+1. The van der Waals surface area contributed by atoms with Crippen LogP contribution in [-0.2, 0) is 11.2 Å². The number of phenols is 2. The van der Waals surface area contributed by atoms with E-state index in [0.29, 0.717) is 27.2 Å². The molecule has 0 radical (unpaired) electrons. The molecule has 0 atom stereocenters. The first-order chi connectivity index (χ1) is 11.7. The minimum Gasteiger partial charge on any atom is -0.507 e. The molecule has 0 unspecified atom stereocenters. The van der Waals surface area contributed by atoms with Gasteiger partial charge in [0.25, 0.3) is 0 Å². The fraction of sp³-hybridized carbons (Fsp3) is 0.421. The SMILES string of the molecule is CCCCc1c(O)c(N=NC(=O)C[N+](C)(C)C)c2ccccc2c1O. The lowest BCUT2D eigenvalue weighted by Crippen LogP contribution is -2.38. The maximum absolute atomic E-state index is 12.0. The van der Waals surface area contributed by atoms with E-state index < -0.39 is 0 Å². The zero-order chi connectivity index (χ0) is 18.6. The maximum atomic E-state index is 12.0. The van der Waals surface area contributed by atoms with E-state index in [-0.39, 0.29) is 29.6 Å². The van der Waals surface area contributed by atoms with Crippen LogP contribution in [0.25, 0.3) is 10.8 Å². The number of fused-ring (bicyclic) bond motifs is 1. The van der Waals surface area contributed by atoms with Gasteiger partial charge in [-0.1, -0.05) is 37.6 Å². The highest BCUT2D eigenvalue weighted by atomic mass is 16.3. The zero-order valence-corrected chi connectivity index (χ0v) is 15.3. The summed E-state index contributed by atoms with van der Waals surface area (Å²) in [6, 6.07) is 7.12. The molecule has 0 bridgehead atoms. The Hall–Kier alpha value is -2.47. The summed E-state index contributed by atoms with van der Waals surface area (Å²) in [5, 5.41) is 30.1. The summed E-state index contributed by atoms with van der Waals surface area (Å²) in [5.74, 6) is -0.399. The highest BCUT2D eigenvalue weighted by Gasteiger charge is 2.19. The molecule has 2 rings (SSSR count). The first kappa shape index (κ1) is 18.9. The molecule has 2 aromatic rings. The van der Waals surface area contributed by atoms with Crippen LogP contribution in [0.3, 0.4) is 0 Å². The molecule has 0 aromatic heterocycles. The molecule has 0 aliphatic rings. The maximum Gasteiger partial charge on any atom is 0.319 e. The molecule has 25 heavy (non-hydrogen) atoms. The monoisotopic (exact) mass is 344 g/mol. The smallest absolute Gasteiger partial charge is 0.319 e. The van der Waals surface area contributed by atoms with Gasteiger partial charge >= 0.3 is 5.91 Å². The summed E-state index contributed by atoms with van der Waals surface area (Å²) in [5.41, 5.74) is 0.683. The number of hydrogen-bond acceptors (Lipinski definition) is 4. The van der Waals surface area contributed by atoms with Gasteiger partial charge < -0.3 is 14.7 Å². The van der Waals surface area contributed by atoms with Crippen molar-refractivity contribution in [3.05, 3.63) is 29.8 Å². The lowest BCUT2D eigenvalue weighted by atomic mass is 9.98. The van der Waals surface area contributed by atoms with Gasteiger partial charge in [-0.15, -0.1) is 10.2 Å². The second kappa shape index (κ2) is 7.61. The number of benzene rings is 2. The molecule has 6 heteroatoms. The van der Waals surface area contributed by atoms with Gasteiger partial charge in [-0.2, -0.15) is 0 Å². The van der Waals surface area contributed by atoms with Gasteiger partial charge in [0.15, 0.2) is 12.3 Å². The largest absolute Gasteiger partial charge is 0.507 e. The Balaban J connectivity index is 2.52. The minimum absolute atomic E-state index is 0.0678. The van der Waals surface area contributed by atoms with Crippen LogP contribution < -0.4 is 0 Å². The number of phenolic OH excluding ortho intramolecular Hbond substituents is 2. The van der Waals surface area contributed by atoms with Gasteiger partial charge in [-0.3, -0.25) is 4.79 Å². The number of carbonyl (C=O) groups is 1. The molecular weight excluding hydrogens is 318 g/mol. The Bertz CT molecular complexity index is 808. The van der Waals surface area contributed by atoms with Crippen molar-refractivity contribution in [3.8, 4) is 11.5 Å². The van der Waals surface area contributed by atoms with Crippen LogP contribution in [-0.4, -0.2) is 48.3 Å². The van der Waals surface area contributed by atoms with Crippen LogP contribution in [0, 0.1) is 0 Å². The van der Waals surface area contributed by atoms with Crippen LogP contribution in [0.1, 0.15) is 25.3 Å². The third-order valence-electron chi connectivity index (χ3n) is 3.88. The summed E-state index contributed by atoms with van der Waals surface area (Å²) in [7, 11) is 5.68. The minimum atomic E-state index is -0.362. The van der Waals surface area contributed by atoms with Crippen molar-refractivity contribution < 1.29 is 19.5 Å². The molecule has 1 amide bonds. The van der Waals surface area contributed by atoms with E-state index in [1.165, 1.54) is 0 Å². The number of azo groups is 1. The average molecular weight is 344 g/mol. The molecule has 0 spiro atoms. The number of likely N-dealkylation sites (N-methyl/N-ethyl adjacent to an activating group) is 1. The van der Waals surface area contributed by atoms with E-state index in [1.54, 1.807) is 18.2 Å². The van der Waals surface area contributed by atoms with Crippen molar-refractivity contribution in [1.82, 2.24) is 0 Å². The van der Waals surface area contributed by atoms with Crippen molar-refractivity contribution in [2.45, 2.75) is 26.2 Å². The Kier molecular flexibility index (Phi) is 5.74. The van der Waals surface area contributed by atoms with Crippen molar-refractivity contribution in [3.63, 3.8) is 0 Å². The molecule has 134 valence electrons. The summed E-state index contributed by atoms with van der Waals surface area (Å²) < 4.78 is 0.446. The normalized spacial score (nSPS) is 12.2. The lowest BCUT2D eigenvalue weighted by molar-refractivity contribution is -0.862. The first-order valence-electron chi connectivity index (χ1n) is 8.45. The fourth-order valence-electron chi connectivity index (χ4n) is 2.68. The van der Waals surface area contributed by atoms with E-state index in [0.717, 1.165) is 12.8 Å². The number of nitrogens with zero attached hydrogens (tertiary/aromatic N) is 3. The second-order valence-electron chi connectivity index (χ2n) is 7.22. The Labute approximate surface area is 148 Å². The molecule has 0 aliphatic heterocycles. The molecule has 0 fully saturated rings. The Morgan fingerprint density at radius 1 is 1.08 bits per heavy atom. The van der Waals surface area contributed by atoms with Crippen molar-refractivity contribution in [1.29, 1.82) is 0 Å². The number of hydrogen-bond donors (Lipinski definition) is 2. The number of amides is 1. The fourth-order valence-corrected chi connectivity index (χ4v) is 2.68. The highest BCUT2D eigenvalue weighted by molar-refractivity contribution is 6.00. The van der Waals surface area contributed by atoms with Gasteiger partial charge in [0.2, 0.25) is 0 Å². The summed E-state index contributed by atoms with van der Waals surface area (Å²) in [6.07, 6.45) is 2.30. The van der Waals surface area contributed by atoms with E-state index >= 15 is 0 Å². The van der Waals surface area contributed by atoms with Crippen molar-refractivity contribution in [2.75, 3.05) is 27.7 Å². The molecule has 0 saturated carbocycles. The molecule has 6 nitrogen and oxygen atoms in total. The second-order valence-corrected chi connectivity index (χ2v) is 7.22. The number of quaternary nitrogens is 1. The summed E-state index contributed by atoms with van der Waals surface area (Å²) in [4.78, 5) is 12.0. The van der Waals surface area contributed by atoms with Crippen LogP contribution in [0.5, 0.6) is 11.5 Å². The first-order valence-corrected chi connectivity index (χ1v) is 8.45. The predicted molar refractivity (Wildman–Crippen MR) is 98.3 cm³/mol. The van der Waals surface area contributed by atoms with Crippen molar-refractivity contribution in [2.24, 2.45) is 10.2 Å². The molecular formula is C19H26N3O3+. The number of unbranched alkanes of at least 4 members (excludes halogenated alkanes) is 1. The van der Waals surface area contributed by atoms with Gasteiger partial charge in [-0.05, 0) is 12.8 Å². The number of carbonyl (C=O) groups excluding carboxylic acids is 1. The van der Waals surface area contributed by atoms with Crippen molar-refractivity contribution >= 4 is 22.4 Å². The molecule has 0 saturated heterocycles. The Morgan fingerprint density at radius 2 is 1.72 bits per heavy atom. The van der Waals surface area contributed by atoms with Crippen LogP contribution >= 0.6 is 0 Å². The van der Waals surface area contributed by atoms with E-state index in [4.69, 9.17) is 0 Å². The highest BCUT2D eigenvalue weighted by Crippen LogP contribution is 2.45. The van der Waals surface area contributed by atoms with E-state index in [1.807, 2.05) is 34.1 Å². The van der Waals surface area contributed by atoms with Gasteiger partial charge in [0, 0.05) is 16.3 Å². The van der Waals surface area contributed by atoms with Gasteiger partial charge in [0.1, 0.15) is 11.4 Å². The third-order valence-corrected chi connectivity index (χ3v) is 3.88. The molecule has 0 heterocycles. The lowest BCUT2D eigenvalue weighted by Gasteiger charge is -2.21. The summed E-state index contributed by atoms with van der Waals surface area (Å²) in [6.45, 7) is 2.25. The van der Waals surface area contributed by atoms with E-state index in [9.17, 15) is 15.0 Å². The number of rotatable bonds is 6. The predicted octanol–water partition coefficient (Wildman–Crippen LogP) is 3.91.